The van der Waals surface area contributed by atoms with Gasteiger partial charge in [0, 0.05) is 18.3 Å². The van der Waals surface area contributed by atoms with Crippen LogP contribution in [0.15, 0.2) is 42.5 Å². The third-order valence-electron chi connectivity index (χ3n) is 4.11. The first-order valence-electron chi connectivity index (χ1n) is 8.17. The summed E-state index contributed by atoms with van der Waals surface area (Å²) >= 11 is 0. The van der Waals surface area contributed by atoms with Crippen LogP contribution in [0.25, 0.3) is 11.0 Å². The number of benzene rings is 1. The van der Waals surface area contributed by atoms with Crippen LogP contribution in [0.3, 0.4) is 0 Å². The lowest BCUT2D eigenvalue weighted by Crippen LogP contribution is -2.03. The van der Waals surface area contributed by atoms with E-state index in [0.29, 0.717) is 30.1 Å². The van der Waals surface area contributed by atoms with E-state index < -0.39 is 0 Å². The van der Waals surface area contributed by atoms with Crippen LogP contribution in [0.2, 0.25) is 0 Å². The van der Waals surface area contributed by atoms with Crippen molar-refractivity contribution >= 4 is 22.5 Å². The molecule has 4 N–H and O–H groups in total. The predicted molar refractivity (Wildman–Crippen MR) is 96.9 cm³/mol. The minimum Gasteiger partial charge on any atom is -0.480 e. The maximum atomic E-state index is 10.3. The molecular formula is C18H19N5O2. The minimum absolute atomic E-state index is 0.0926. The summed E-state index contributed by atoms with van der Waals surface area (Å²) in [6, 6.07) is 9.74. The molecule has 4 bridgehead atoms. The van der Waals surface area contributed by atoms with Crippen LogP contribution < -0.4 is 15.8 Å². The fourth-order valence-electron chi connectivity index (χ4n) is 2.91. The van der Waals surface area contributed by atoms with Gasteiger partial charge in [0.05, 0.1) is 18.7 Å². The number of nitrogens with one attached hydrogen (secondary N) is 1. The molecule has 0 atom stereocenters. The molecule has 0 radical (unpaired) electrons. The van der Waals surface area contributed by atoms with Gasteiger partial charge in [-0.3, -0.25) is 4.57 Å². The number of nitrogens with two attached hydrogens (primary N) is 1. The molecule has 1 aliphatic heterocycles. The van der Waals surface area contributed by atoms with Crippen molar-refractivity contribution < 1.29 is 9.84 Å². The predicted octanol–water partition coefficient (Wildman–Crippen LogP) is 2.52. The number of anilines is 2. The van der Waals surface area contributed by atoms with Gasteiger partial charge in [-0.05, 0) is 24.1 Å². The molecule has 7 nitrogen and oxygen atoms in total. The largest absolute Gasteiger partial charge is 0.480 e. The molecule has 0 saturated heterocycles. The normalized spacial score (nSPS) is 15.8. The van der Waals surface area contributed by atoms with Gasteiger partial charge in [-0.2, -0.15) is 9.97 Å². The molecule has 0 amide bonds. The fraction of sp³-hybridized carbons (Fsp3) is 0.222. The summed E-state index contributed by atoms with van der Waals surface area (Å²) < 4.78 is 7.40. The molecule has 1 aliphatic rings. The number of hydrogen-bond acceptors (Lipinski definition) is 6. The molecule has 0 fully saturated rings. The molecule has 128 valence electrons. The second-order valence-electron chi connectivity index (χ2n) is 5.90. The van der Waals surface area contributed by atoms with Crippen LogP contribution in [-0.4, -0.2) is 32.8 Å². The van der Waals surface area contributed by atoms with Crippen molar-refractivity contribution in [3.63, 3.8) is 0 Å². The molecule has 0 aliphatic carbocycles. The molecule has 0 unspecified atom stereocenters. The Morgan fingerprint density at radius 1 is 1.20 bits per heavy atom. The quantitative estimate of drug-likeness (QED) is 0.545. The Morgan fingerprint density at radius 3 is 3.04 bits per heavy atom. The first-order chi connectivity index (χ1) is 12.2. The Labute approximate surface area is 144 Å². The summed E-state index contributed by atoms with van der Waals surface area (Å²) in [5, 5.41) is 13.6. The number of pyridine rings is 1. The SMILES string of the molecule is Nc1nc2cc3c1nc(O)n3Cc1cccc(c1)NC/C=C/CCO2. The molecule has 1 aromatic carbocycles. The van der Waals surface area contributed by atoms with Gasteiger partial charge in [0.15, 0.2) is 5.82 Å². The van der Waals surface area contributed by atoms with Crippen LogP contribution in [0.5, 0.6) is 11.9 Å². The van der Waals surface area contributed by atoms with E-state index in [0.717, 1.165) is 24.2 Å². The topological polar surface area (TPSA) is 98.2 Å². The van der Waals surface area contributed by atoms with E-state index >= 15 is 0 Å². The Morgan fingerprint density at radius 2 is 2.12 bits per heavy atom. The number of imidazole rings is 1. The van der Waals surface area contributed by atoms with E-state index in [1.54, 1.807) is 10.6 Å². The first-order valence-corrected chi connectivity index (χ1v) is 8.17. The van der Waals surface area contributed by atoms with Crippen LogP contribution >= 0.6 is 0 Å². The number of hydrogen-bond donors (Lipinski definition) is 3. The van der Waals surface area contributed by atoms with Crippen molar-refractivity contribution in [2.45, 2.75) is 13.0 Å². The summed E-state index contributed by atoms with van der Waals surface area (Å²) in [6.07, 6.45) is 4.90. The maximum absolute atomic E-state index is 10.3. The van der Waals surface area contributed by atoms with Crippen LogP contribution in [0, 0.1) is 0 Å². The molecular weight excluding hydrogens is 318 g/mol. The molecule has 4 rings (SSSR count). The standard InChI is InChI=1S/C18H19N5O2/c19-17-16-14-10-15(21-17)25-8-3-1-2-7-20-13-6-4-5-12(9-13)11-23(14)18(24)22-16/h1-2,4-6,9-10,20H,3,7-8,11H2,(H2,19,21)(H,22,24)/b2-1+. The van der Waals surface area contributed by atoms with Gasteiger partial charge in [0.1, 0.15) is 5.52 Å². The van der Waals surface area contributed by atoms with Gasteiger partial charge in [0.25, 0.3) is 6.01 Å². The second-order valence-corrected chi connectivity index (χ2v) is 5.90. The summed E-state index contributed by atoms with van der Waals surface area (Å²) in [6.45, 7) is 1.71. The highest BCUT2D eigenvalue weighted by atomic mass is 16.5. The highest BCUT2D eigenvalue weighted by molar-refractivity contribution is 5.87. The lowest BCUT2D eigenvalue weighted by atomic mass is 10.2. The van der Waals surface area contributed by atoms with Crippen molar-refractivity contribution in [2.75, 3.05) is 24.2 Å². The van der Waals surface area contributed by atoms with E-state index in [1.807, 2.05) is 18.2 Å². The monoisotopic (exact) mass is 337 g/mol. The molecule has 25 heavy (non-hydrogen) atoms. The number of rotatable bonds is 0. The lowest BCUT2D eigenvalue weighted by molar-refractivity contribution is 0.313. The van der Waals surface area contributed by atoms with E-state index in [-0.39, 0.29) is 11.8 Å². The smallest absolute Gasteiger partial charge is 0.295 e. The zero-order chi connectivity index (χ0) is 17.2. The molecule has 3 aromatic rings. The van der Waals surface area contributed by atoms with Gasteiger partial charge in [-0.25, -0.2) is 0 Å². The Hall–Kier alpha value is -3.22. The highest BCUT2D eigenvalue weighted by Gasteiger charge is 2.15. The average molecular weight is 337 g/mol. The van der Waals surface area contributed by atoms with Crippen molar-refractivity contribution in [3.8, 4) is 11.9 Å². The number of aromatic nitrogens is 3. The van der Waals surface area contributed by atoms with Crippen LogP contribution in [0.4, 0.5) is 11.5 Å². The number of aromatic hydroxyl groups is 1. The molecule has 2 aromatic heterocycles. The Bertz CT molecular complexity index is 948. The third-order valence-corrected chi connectivity index (χ3v) is 4.11. The number of fused-ring (bicyclic) bond motifs is 3. The van der Waals surface area contributed by atoms with Gasteiger partial charge in [-0.15, -0.1) is 0 Å². The van der Waals surface area contributed by atoms with Crippen LogP contribution in [0.1, 0.15) is 12.0 Å². The van der Waals surface area contributed by atoms with Gasteiger partial charge < -0.3 is 20.9 Å². The number of nitrogen functional groups attached to an aromatic ring is 1. The number of nitrogens with zero attached hydrogens (tertiary/aromatic N) is 3. The van der Waals surface area contributed by atoms with E-state index in [9.17, 15) is 5.11 Å². The van der Waals surface area contributed by atoms with E-state index in [4.69, 9.17) is 10.5 Å². The Kier molecular flexibility index (Phi) is 3.89. The average Bonchev–Trinajstić information content (AvgIpc) is 2.90. The summed E-state index contributed by atoms with van der Waals surface area (Å²) in [5.41, 5.74) is 9.23. The van der Waals surface area contributed by atoms with Crippen molar-refractivity contribution in [2.24, 2.45) is 0 Å². The third kappa shape index (κ3) is 3.08. The van der Waals surface area contributed by atoms with Crippen molar-refractivity contribution in [1.29, 1.82) is 0 Å². The highest BCUT2D eigenvalue weighted by Crippen LogP contribution is 2.28. The van der Waals surface area contributed by atoms with E-state index in [1.165, 1.54) is 0 Å². The molecule has 3 heterocycles. The maximum Gasteiger partial charge on any atom is 0.295 e. The lowest BCUT2D eigenvalue weighted by Gasteiger charge is -2.09. The zero-order valence-corrected chi connectivity index (χ0v) is 13.6. The van der Waals surface area contributed by atoms with Crippen molar-refractivity contribution in [3.05, 3.63) is 48.0 Å². The van der Waals surface area contributed by atoms with Crippen LogP contribution in [-0.2, 0) is 6.54 Å². The molecule has 0 spiro atoms. The summed E-state index contributed by atoms with van der Waals surface area (Å²) in [7, 11) is 0. The summed E-state index contributed by atoms with van der Waals surface area (Å²) in [5.74, 6) is 0.679. The van der Waals surface area contributed by atoms with Gasteiger partial charge in [-0.1, -0.05) is 24.3 Å². The Balaban J connectivity index is 1.83. The zero-order valence-electron chi connectivity index (χ0n) is 13.6. The molecule has 0 saturated carbocycles. The summed E-state index contributed by atoms with van der Waals surface area (Å²) in [4.78, 5) is 8.37. The second kappa shape index (κ2) is 6.35. The van der Waals surface area contributed by atoms with Gasteiger partial charge in [0.2, 0.25) is 5.88 Å². The van der Waals surface area contributed by atoms with Gasteiger partial charge >= 0.3 is 0 Å². The first kappa shape index (κ1) is 15.3. The molecule has 7 heteroatoms. The van der Waals surface area contributed by atoms with Crippen molar-refractivity contribution in [1.82, 2.24) is 14.5 Å². The number of ether oxygens (including phenoxy) is 1. The fourth-order valence-corrected chi connectivity index (χ4v) is 2.91. The van der Waals surface area contributed by atoms with E-state index in [2.05, 4.69) is 33.5 Å². The minimum atomic E-state index is -0.0926.